The maximum atomic E-state index is 6.82. The molecular weight excluding hydrogens is 783 g/mol. The fourth-order valence-electron chi connectivity index (χ4n) is 10.9. The first-order chi connectivity index (χ1) is 31.6. The highest BCUT2D eigenvalue weighted by Crippen LogP contribution is 2.46. The monoisotopic (exact) mass is 821 g/mol. The zero-order valence-electron chi connectivity index (χ0n) is 34.8. The van der Waals surface area contributed by atoms with Gasteiger partial charge < -0.3 is 13.4 Å². The number of benzene rings is 9. The van der Waals surface area contributed by atoms with Gasteiger partial charge in [0.05, 0.1) is 16.7 Å². The van der Waals surface area contributed by atoms with Crippen molar-refractivity contribution in [2.24, 2.45) is 4.99 Å². The number of aromatic nitrogens is 1. The van der Waals surface area contributed by atoms with E-state index < -0.39 is 0 Å². The first-order valence-electron chi connectivity index (χ1n) is 22.2. The molecule has 2 aliphatic rings. The third-order valence-corrected chi connectivity index (χ3v) is 13.9. The standard InChI is InChI=1S/C59H39N3O2/c1-34-40-14-4-5-15-41(40)42-24-22-37(29-47(34)42)50-26-27-51(61-59(60-50)38-23-25-45-44-17-7-10-20-54(44)63-56(45)31-38)49-32-39(33-57-58(49)46-18-8-11-21-55(46)64-57)62-52-19-9-6-16-43(52)48-28-35-12-2-3-13-36(35)30-53(48)62/h2-25,28-33,51,59,61H,1,26-27H2. The molecule has 2 unspecified atom stereocenters. The highest BCUT2D eigenvalue weighted by atomic mass is 16.3. The summed E-state index contributed by atoms with van der Waals surface area (Å²) in [7, 11) is 0. The Kier molecular flexibility index (Phi) is 7.51. The molecule has 5 nitrogen and oxygen atoms in total. The summed E-state index contributed by atoms with van der Waals surface area (Å²) in [5.41, 5.74) is 17.2. The highest BCUT2D eigenvalue weighted by molar-refractivity contribution is 6.15. The van der Waals surface area contributed by atoms with Crippen molar-refractivity contribution in [3.8, 4) is 16.8 Å². The van der Waals surface area contributed by atoms with E-state index in [0.29, 0.717) is 0 Å². The van der Waals surface area contributed by atoms with Gasteiger partial charge in [0.25, 0.3) is 0 Å². The van der Waals surface area contributed by atoms with E-state index >= 15 is 0 Å². The molecule has 0 saturated heterocycles. The van der Waals surface area contributed by atoms with Gasteiger partial charge in [-0.3, -0.25) is 10.3 Å². The SMILES string of the molecule is C=C1c2ccccc2-c2ccc(C3=NC(c4ccc5c(c4)oc4ccccc45)NC(c4cc(-n5c6ccccc6c6cc7ccccc7cc65)cc5oc6ccccc6c45)CC3)cc21. The molecule has 1 N–H and O–H groups in total. The van der Waals surface area contributed by atoms with Gasteiger partial charge in [-0.25, -0.2) is 0 Å². The van der Waals surface area contributed by atoms with Crippen molar-refractivity contribution >= 4 is 87.7 Å². The molecule has 64 heavy (non-hydrogen) atoms. The first kappa shape index (κ1) is 35.6. The summed E-state index contributed by atoms with van der Waals surface area (Å²) < 4.78 is 15.7. The summed E-state index contributed by atoms with van der Waals surface area (Å²) in [5.74, 6) is 0. The lowest BCUT2D eigenvalue weighted by Crippen LogP contribution is -2.24. The second-order valence-electron chi connectivity index (χ2n) is 17.4. The molecule has 0 saturated carbocycles. The Balaban J connectivity index is 0.968. The molecule has 9 aromatic carbocycles. The number of hydrogen-bond acceptors (Lipinski definition) is 4. The van der Waals surface area contributed by atoms with Crippen LogP contribution in [0.5, 0.6) is 0 Å². The lowest BCUT2D eigenvalue weighted by molar-refractivity contribution is 0.455. The van der Waals surface area contributed by atoms with E-state index in [1.54, 1.807) is 0 Å². The molecule has 0 fully saturated rings. The van der Waals surface area contributed by atoms with Crippen LogP contribution in [0.1, 0.15) is 52.9 Å². The van der Waals surface area contributed by atoms with Crippen molar-refractivity contribution in [2.75, 3.05) is 0 Å². The smallest absolute Gasteiger partial charge is 0.137 e. The van der Waals surface area contributed by atoms with Crippen LogP contribution in [0, 0.1) is 0 Å². The van der Waals surface area contributed by atoms with E-state index in [1.165, 1.54) is 49.4 Å². The second-order valence-corrected chi connectivity index (χ2v) is 17.4. The number of nitrogens with zero attached hydrogens (tertiary/aromatic N) is 2. The van der Waals surface area contributed by atoms with Gasteiger partial charge in [0.2, 0.25) is 0 Å². The maximum absolute atomic E-state index is 6.82. The molecular formula is C59H39N3O2. The van der Waals surface area contributed by atoms with Crippen molar-refractivity contribution in [2.45, 2.75) is 25.0 Å². The third kappa shape index (κ3) is 5.25. The molecule has 1 aliphatic carbocycles. The second kappa shape index (κ2) is 13.5. The molecule has 302 valence electrons. The average molecular weight is 822 g/mol. The molecule has 0 amide bonds. The zero-order chi connectivity index (χ0) is 42.0. The summed E-state index contributed by atoms with van der Waals surface area (Å²) in [6.07, 6.45) is 1.21. The fourth-order valence-corrected chi connectivity index (χ4v) is 10.9. The summed E-state index contributed by atoms with van der Waals surface area (Å²) in [6.45, 7) is 4.56. The average Bonchev–Trinajstić information content (AvgIpc) is 4.03. The van der Waals surface area contributed by atoms with Crippen LogP contribution in [0.15, 0.2) is 202 Å². The van der Waals surface area contributed by atoms with Crippen molar-refractivity contribution in [3.05, 3.63) is 216 Å². The van der Waals surface area contributed by atoms with E-state index in [4.69, 9.17) is 13.8 Å². The molecule has 5 heteroatoms. The molecule has 4 heterocycles. The highest BCUT2D eigenvalue weighted by Gasteiger charge is 2.30. The molecule has 2 atom stereocenters. The van der Waals surface area contributed by atoms with Gasteiger partial charge in [-0.15, -0.1) is 0 Å². The lowest BCUT2D eigenvalue weighted by atomic mass is 9.93. The van der Waals surface area contributed by atoms with Gasteiger partial charge in [0, 0.05) is 50.1 Å². The number of nitrogens with one attached hydrogen (secondary N) is 1. The van der Waals surface area contributed by atoms with E-state index in [2.05, 4.69) is 186 Å². The van der Waals surface area contributed by atoms with E-state index in [1.807, 2.05) is 12.1 Å². The zero-order valence-corrected chi connectivity index (χ0v) is 34.8. The van der Waals surface area contributed by atoms with Crippen molar-refractivity contribution in [1.82, 2.24) is 9.88 Å². The number of aliphatic imine (C=N–C) groups is 1. The van der Waals surface area contributed by atoms with Crippen molar-refractivity contribution in [1.29, 1.82) is 0 Å². The van der Waals surface area contributed by atoms with E-state index in [9.17, 15) is 0 Å². The number of fused-ring (bicyclic) bond motifs is 13. The Morgan fingerprint density at radius 2 is 1.20 bits per heavy atom. The Bertz CT molecular complexity index is 3990. The molecule has 0 bridgehead atoms. The molecule has 14 rings (SSSR count). The summed E-state index contributed by atoms with van der Waals surface area (Å²) in [4.78, 5) is 5.67. The maximum Gasteiger partial charge on any atom is 0.137 e. The number of hydrogen-bond donors (Lipinski definition) is 1. The Morgan fingerprint density at radius 3 is 2.08 bits per heavy atom. The fraction of sp³-hybridized carbons (Fsp3) is 0.0678. The Labute approximate surface area is 368 Å². The lowest BCUT2D eigenvalue weighted by Gasteiger charge is -2.23. The molecule has 0 radical (unpaired) electrons. The van der Waals surface area contributed by atoms with Crippen LogP contribution in [0.4, 0.5) is 0 Å². The number of furan rings is 2. The van der Waals surface area contributed by atoms with Gasteiger partial charge in [-0.1, -0.05) is 134 Å². The molecule has 3 aromatic heterocycles. The summed E-state index contributed by atoms with van der Waals surface area (Å²) in [5, 5.41) is 13.5. The molecule has 0 spiro atoms. The normalized spacial score (nSPS) is 16.4. The first-order valence-corrected chi connectivity index (χ1v) is 22.2. The van der Waals surface area contributed by atoms with E-state index in [-0.39, 0.29) is 12.2 Å². The van der Waals surface area contributed by atoms with Gasteiger partial charge in [0.15, 0.2) is 0 Å². The van der Waals surface area contributed by atoms with Gasteiger partial charge >= 0.3 is 0 Å². The van der Waals surface area contributed by atoms with Crippen molar-refractivity contribution < 1.29 is 8.83 Å². The van der Waals surface area contributed by atoms with Gasteiger partial charge in [-0.2, -0.15) is 0 Å². The summed E-state index contributed by atoms with van der Waals surface area (Å²) in [6, 6.07) is 65.3. The molecule has 12 aromatic rings. The minimum Gasteiger partial charge on any atom is -0.456 e. The third-order valence-electron chi connectivity index (χ3n) is 13.9. The van der Waals surface area contributed by atoms with Crippen LogP contribution >= 0.6 is 0 Å². The number of para-hydroxylation sites is 3. The summed E-state index contributed by atoms with van der Waals surface area (Å²) >= 11 is 0. The number of rotatable bonds is 4. The Hall–Kier alpha value is -7.99. The van der Waals surface area contributed by atoms with E-state index in [0.717, 1.165) is 95.9 Å². The van der Waals surface area contributed by atoms with Crippen LogP contribution < -0.4 is 5.32 Å². The predicted octanol–water partition coefficient (Wildman–Crippen LogP) is 15.4. The molecule has 1 aliphatic heterocycles. The van der Waals surface area contributed by atoms with Crippen LogP contribution in [-0.2, 0) is 0 Å². The largest absolute Gasteiger partial charge is 0.456 e. The van der Waals surface area contributed by atoms with Crippen LogP contribution in [0.2, 0.25) is 0 Å². The van der Waals surface area contributed by atoms with Crippen molar-refractivity contribution in [3.63, 3.8) is 0 Å². The van der Waals surface area contributed by atoms with Gasteiger partial charge in [-0.05, 0) is 117 Å². The quantitative estimate of drug-likeness (QED) is 0.192. The minimum absolute atomic E-state index is 0.0938. The van der Waals surface area contributed by atoms with Gasteiger partial charge in [0.1, 0.15) is 28.5 Å². The topological polar surface area (TPSA) is 55.6 Å². The van der Waals surface area contributed by atoms with Crippen LogP contribution in [-0.4, -0.2) is 10.3 Å². The predicted molar refractivity (Wildman–Crippen MR) is 264 cm³/mol. The van der Waals surface area contributed by atoms with Crippen LogP contribution in [0.25, 0.3) is 98.8 Å². The minimum atomic E-state index is -0.370. The van der Waals surface area contributed by atoms with Crippen LogP contribution in [0.3, 0.4) is 0 Å². The Morgan fingerprint density at radius 1 is 0.516 bits per heavy atom.